The van der Waals surface area contributed by atoms with Crippen LogP contribution in [-0.4, -0.2) is 11.0 Å². The smallest absolute Gasteiger partial charge is 0.0482 e. The van der Waals surface area contributed by atoms with Gasteiger partial charge in [0.25, 0.3) is 0 Å². The molecular formula is C14H21N3. The number of hydrogen-bond acceptors (Lipinski definition) is 3. The van der Waals surface area contributed by atoms with Gasteiger partial charge in [-0.15, -0.1) is 0 Å². The van der Waals surface area contributed by atoms with Gasteiger partial charge >= 0.3 is 0 Å². The Morgan fingerprint density at radius 1 is 1.41 bits per heavy atom. The van der Waals surface area contributed by atoms with Gasteiger partial charge in [0.15, 0.2) is 0 Å². The molecule has 0 spiro atoms. The summed E-state index contributed by atoms with van der Waals surface area (Å²) < 4.78 is 0. The summed E-state index contributed by atoms with van der Waals surface area (Å²) in [5, 5.41) is 0. The van der Waals surface area contributed by atoms with Gasteiger partial charge in [-0.3, -0.25) is 16.3 Å². The summed E-state index contributed by atoms with van der Waals surface area (Å²) in [7, 11) is 0. The number of aryl methyl sites for hydroxylation is 1. The fourth-order valence-electron chi connectivity index (χ4n) is 3.10. The van der Waals surface area contributed by atoms with E-state index in [4.69, 9.17) is 5.84 Å². The molecule has 1 aromatic rings. The summed E-state index contributed by atoms with van der Waals surface area (Å²) in [4.78, 5) is 4.60. The van der Waals surface area contributed by atoms with Crippen molar-refractivity contribution in [1.82, 2.24) is 10.4 Å². The van der Waals surface area contributed by atoms with Gasteiger partial charge in [-0.2, -0.15) is 0 Å². The van der Waals surface area contributed by atoms with E-state index in [9.17, 15) is 0 Å². The van der Waals surface area contributed by atoms with Crippen LogP contribution in [0, 0.1) is 5.92 Å². The molecule has 0 bridgehead atoms. The second-order valence-electron chi connectivity index (χ2n) is 5.50. The van der Waals surface area contributed by atoms with Crippen LogP contribution in [0.25, 0.3) is 0 Å². The highest BCUT2D eigenvalue weighted by molar-refractivity contribution is 5.27. The molecule has 0 aromatic carbocycles. The van der Waals surface area contributed by atoms with Crippen LogP contribution in [0.2, 0.25) is 0 Å². The second kappa shape index (κ2) is 4.75. The van der Waals surface area contributed by atoms with E-state index in [2.05, 4.69) is 16.5 Å². The molecule has 1 heterocycles. The van der Waals surface area contributed by atoms with Crippen molar-refractivity contribution in [3.05, 3.63) is 29.6 Å². The molecule has 3 N–H and O–H groups in total. The topological polar surface area (TPSA) is 50.9 Å². The zero-order valence-electron chi connectivity index (χ0n) is 10.2. The van der Waals surface area contributed by atoms with Gasteiger partial charge in [-0.25, -0.2) is 0 Å². The average Bonchev–Trinajstić information content (AvgIpc) is 3.19. The lowest BCUT2D eigenvalue weighted by atomic mass is 9.80. The number of hydrazine groups is 1. The van der Waals surface area contributed by atoms with Crippen molar-refractivity contribution in [2.45, 2.75) is 50.5 Å². The lowest BCUT2D eigenvalue weighted by Gasteiger charge is -2.31. The van der Waals surface area contributed by atoms with E-state index in [1.807, 2.05) is 12.3 Å². The van der Waals surface area contributed by atoms with Crippen LogP contribution in [0.1, 0.15) is 49.3 Å². The number of nitrogens with one attached hydrogen (secondary N) is 1. The number of fused-ring (bicyclic) bond motifs is 1. The Morgan fingerprint density at radius 3 is 3.06 bits per heavy atom. The molecule has 1 fully saturated rings. The molecule has 2 aliphatic rings. The van der Waals surface area contributed by atoms with Crippen LogP contribution in [0.5, 0.6) is 0 Å². The lowest BCUT2D eigenvalue weighted by Crippen LogP contribution is -2.41. The maximum absolute atomic E-state index is 5.76. The van der Waals surface area contributed by atoms with E-state index in [1.165, 1.54) is 49.8 Å². The molecule has 3 rings (SSSR count). The van der Waals surface area contributed by atoms with E-state index in [1.54, 1.807) is 0 Å². The van der Waals surface area contributed by atoms with E-state index in [-0.39, 0.29) is 0 Å². The molecule has 2 unspecified atom stereocenters. The molecular weight excluding hydrogens is 210 g/mol. The first-order valence-electron chi connectivity index (χ1n) is 6.78. The van der Waals surface area contributed by atoms with Crippen molar-refractivity contribution in [3.63, 3.8) is 0 Å². The normalized spacial score (nSPS) is 25.4. The Bertz CT molecular complexity index is 387. The molecule has 0 aliphatic heterocycles. The van der Waals surface area contributed by atoms with Gasteiger partial charge in [0.1, 0.15) is 0 Å². The Morgan fingerprint density at radius 2 is 2.29 bits per heavy atom. The summed E-state index contributed by atoms with van der Waals surface area (Å²) in [5.41, 5.74) is 5.77. The summed E-state index contributed by atoms with van der Waals surface area (Å²) in [5.74, 6) is 7.19. The first-order chi connectivity index (χ1) is 8.38. The highest BCUT2D eigenvalue weighted by Crippen LogP contribution is 2.39. The fourth-order valence-corrected chi connectivity index (χ4v) is 3.10. The van der Waals surface area contributed by atoms with Gasteiger partial charge in [0.2, 0.25) is 0 Å². The van der Waals surface area contributed by atoms with Gasteiger partial charge in [0, 0.05) is 23.9 Å². The maximum Gasteiger partial charge on any atom is 0.0482 e. The number of pyridine rings is 1. The SMILES string of the molecule is NNC(CC1CC1)C1CCCc2cccnc21. The summed E-state index contributed by atoms with van der Waals surface area (Å²) in [6.07, 6.45) is 9.59. The number of hydrogen-bond donors (Lipinski definition) is 2. The fraction of sp³-hybridized carbons (Fsp3) is 0.643. The van der Waals surface area contributed by atoms with E-state index in [0.29, 0.717) is 12.0 Å². The number of nitrogens with two attached hydrogens (primary N) is 1. The van der Waals surface area contributed by atoms with E-state index < -0.39 is 0 Å². The van der Waals surface area contributed by atoms with Crippen molar-refractivity contribution in [1.29, 1.82) is 0 Å². The maximum atomic E-state index is 5.76. The summed E-state index contributed by atoms with van der Waals surface area (Å²) >= 11 is 0. The van der Waals surface area contributed by atoms with Crippen LogP contribution < -0.4 is 11.3 Å². The molecule has 3 nitrogen and oxygen atoms in total. The highest BCUT2D eigenvalue weighted by atomic mass is 15.2. The molecule has 1 saturated carbocycles. The number of rotatable bonds is 4. The van der Waals surface area contributed by atoms with Gasteiger partial charge < -0.3 is 0 Å². The van der Waals surface area contributed by atoms with Gasteiger partial charge in [-0.1, -0.05) is 18.9 Å². The van der Waals surface area contributed by atoms with Crippen molar-refractivity contribution < 1.29 is 0 Å². The monoisotopic (exact) mass is 231 g/mol. The molecule has 3 heteroatoms. The zero-order valence-corrected chi connectivity index (χ0v) is 10.2. The summed E-state index contributed by atoms with van der Waals surface area (Å²) in [6, 6.07) is 4.68. The van der Waals surface area contributed by atoms with Crippen LogP contribution in [0.3, 0.4) is 0 Å². The third kappa shape index (κ3) is 2.35. The van der Waals surface area contributed by atoms with Crippen molar-refractivity contribution in [3.8, 4) is 0 Å². The molecule has 0 saturated heterocycles. The first kappa shape index (κ1) is 11.2. The highest BCUT2D eigenvalue weighted by Gasteiger charge is 2.33. The third-order valence-corrected chi connectivity index (χ3v) is 4.22. The molecule has 1 aromatic heterocycles. The minimum absolute atomic E-state index is 0.413. The average molecular weight is 231 g/mol. The Balaban J connectivity index is 1.82. The van der Waals surface area contributed by atoms with Crippen LogP contribution in [0.4, 0.5) is 0 Å². The molecule has 17 heavy (non-hydrogen) atoms. The second-order valence-corrected chi connectivity index (χ2v) is 5.50. The quantitative estimate of drug-likeness (QED) is 0.616. The van der Waals surface area contributed by atoms with Crippen molar-refractivity contribution >= 4 is 0 Å². The standard InChI is InChI=1S/C14H21N3/c15-17-13(9-10-6-7-10)12-5-1-3-11-4-2-8-16-14(11)12/h2,4,8,10,12-13,17H,1,3,5-7,9,15H2. The third-order valence-electron chi connectivity index (χ3n) is 4.22. The predicted molar refractivity (Wildman–Crippen MR) is 68.4 cm³/mol. The largest absolute Gasteiger partial charge is 0.271 e. The Hall–Kier alpha value is -0.930. The van der Waals surface area contributed by atoms with Crippen molar-refractivity contribution in [2.24, 2.45) is 11.8 Å². The number of aromatic nitrogens is 1. The summed E-state index contributed by atoms with van der Waals surface area (Å²) in [6.45, 7) is 0. The molecule has 0 amide bonds. The van der Waals surface area contributed by atoms with Crippen molar-refractivity contribution in [2.75, 3.05) is 0 Å². The minimum Gasteiger partial charge on any atom is -0.271 e. The van der Waals surface area contributed by atoms with Crippen LogP contribution >= 0.6 is 0 Å². The first-order valence-corrected chi connectivity index (χ1v) is 6.78. The molecule has 92 valence electrons. The Labute approximate surface area is 103 Å². The minimum atomic E-state index is 0.413. The Kier molecular flexibility index (Phi) is 3.12. The van der Waals surface area contributed by atoms with Crippen LogP contribution in [-0.2, 0) is 6.42 Å². The lowest BCUT2D eigenvalue weighted by molar-refractivity contribution is 0.358. The molecule has 0 radical (unpaired) electrons. The number of nitrogens with zero attached hydrogens (tertiary/aromatic N) is 1. The zero-order chi connectivity index (χ0) is 11.7. The van der Waals surface area contributed by atoms with E-state index >= 15 is 0 Å². The van der Waals surface area contributed by atoms with Gasteiger partial charge in [-0.05, 0) is 43.2 Å². The van der Waals surface area contributed by atoms with E-state index in [0.717, 1.165) is 5.92 Å². The predicted octanol–water partition coefficient (Wildman–Crippen LogP) is 2.13. The van der Waals surface area contributed by atoms with Gasteiger partial charge in [0.05, 0.1) is 0 Å². The molecule has 2 atom stereocenters. The van der Waals surface area contributed by atoms with Crippen LogP contribution in [0.15, 0.2) is 18.3 Å². The molecule has 2 aliphatic carbocycles.